The Morgan fingerprint density at radius 1 is 1.32 bits per heavy atom. The Labute approximate surface area is 117 Å². The van der Waals surface area contributed by atoms with Crippen molar-refractivity contribution < 1.29 is 0 Å². The average molecular weight is 259 g/mol. The zero-order valence-electron chi connectivity index (χ0n) is 12.3. The molecule has 0 unspecified atom stereocenters. The van der Waals surface area contributed by atoms with Crippen LogP contribution >= 0.6 is 0 Å². The van der Waals surface area contributed by atoms with Crippen molar-refractivity contribution in [1.29, 1.82) is 5.26 Å². The topological polar surface area (TPSA) is 53.0 Å². The lowest BCUT2D eigenvalue weighted by molar-refractivity contribution is 0.605. The average Bonchev–Trinajstić information content (AvgIpc) is 2.42. The van der Waals surface area contributed by atoms with Crippen molar-refractivity contribution in [3.8, 4) is 6.07 Å². The number of nitrogens with two attached hydrogens (primary N) is 1. The molecule has 3 nitrogen and oxygen atoms in total. The number of benzene rings is 1. The van der Waals surface area contributed by atoms with Crippen LogP contribution in [-0.4, -0.2) is 13.1 Å². The molecule has 0 aliphatic rings. The van der Waals surface area contributed by atoms with Gasteiger partial charge in [0.25, 0.3) is 0 Å². The molecule has 0 amide bonds. The van der Waals surface area contributed by atoms with Gasteiger partial charge in [-0.1, -0.05) is 39.0 Å². The Morgan fingerprint density at radius 3 is 2.58 bits per heavy atom. The standard InChI is InChI=1S/C16H25N3/c1-4-15(18)14-8-5-6-9-16(14)19(11-7-10-17)12-13(2)3/h5-6,8-9,13,15H,4,7,11-12,18H2,1-3H3/t15-/m1/s1. The third-order valence-corrected chi connectivity index (χ3v) is 3.20. The van der Waals surface area contributed by atoms with Crippen LogP contribution in [0, 0.1) is 17.2 Å². The van der Waals surface area contributed by atoms with Crippen LogP contribution in [0.4, 0.5) is 5.69 Å². The molecule has 0 aliphatic heterocycles. The summed E-state index contributed by atoms with van der Waals surface area (Å²) in [5, 5.41) is 8.82. The maximum Gasteiger partial charge on any atom is 0.0640 e. The second-order valence-corrected chi connectivity index (χ2v) is 5.32. The summed E-state index contributed by atoms with van der Waals surface area (Å²) in [5.41, 5.74) is 8.57. The first-order valence-electron chi connectivity index (χ1n) is 7.06. The van der Waals surface area contributed by atoms with E-state index in [0.29, 0.717) is 12.3 Å². The smallest absolute Gasteiger partial charge is 0.0640 e. The van der Waals surface area contributed by atoms with Gasteiger partial charge >= 0.3 is 0 Å². The summed E-state index contributed by atoms with van der Waals surface area (Å²) in [7, 11) is 0. The molecule has 0 heterocycles. The van der Waals surface area contributed by atoms with Crippen molar-refractivity contribution in [3.63, 3.8) is 0 Å². The van der Waals surface area contributed by atoms with Gasteiger partial charge in [0, 0.05) is 24.8 Å². The summed E-state index contributed by atoms with van der Waals surface area (Å²) in [4.78, 5) is 2.29. The summed E-state index contributed by atoms with van der Waals surface area (Å²) in [6.07, 6.45) is 1.47. The van der Waals surface area contributed by atoms with Gasteiger partial charge in [-0.25, -0.2) is 0 Å². The highest BCUT2D eigenvalue weighted by atomic mass is 15.1. The third kappa shape index (κ3) is 4.57. The number of nitrogens with zero attached hydrogens (tertiary/aromatic N) is 2. The predicted molar refractivity (Wildman–Crippen MR) is 80.9 cm³/mol. The molecule has 19 heavy (non-hydrogen) atoms. The van der Waals surface area contributed by atoms with Crippen LogP contribution < -0.4 is 10.6 Å². The SMILES string of the molecule is CC[C@@H](N)c1ccccc1N(CCC#N)CC(C)C. The first-order valence-corrected chi connectivity index (χ1v) is 7.06. The van der Waals surface area contributed by atoms with E-state index in [2.05, 4.69) is 43.9 Å². The number of hydrogen-bond donors (Lipinski definition) is 1. The van der Waals surface area contributed by atoms with Crippen molar-refractivity contribution >= 4 is 5.69 Å². The lowest BCUT2D eigenvalue weighted by Crippen LogP contribution is -2.30. The van der Waals surface area contributed by atoms with Gasteiger partial charge in [-0.05, 0) is 24.0 Å². The van der Waals surface area contributed by atoms with Crippen LogP contribution in [0.2, 0.25) is 0 Å². The van der Waals surface area contributed by atoms with Crippen molar-refractivity contribution in [1.82, 2.24) is 0 Å². The lowest BCUT2D eigenvalue weighted by Gasteiger charge is -2.29. The Bertz CT molecular complexity index is 420. The lowest BCUT2D eigenvalue weighted by atomic mass is 10.0. The summed E-state index contributed by atoms with van der Waals surface area (Å²) in [6.45, 7) is 8.21. The summed E-state index contributed by atoms with van der Waals surface area (Å²) in [5.74, 6) is 0.560. The van der Waals surface area contributed by atoms with Gasteiger partial charge < -0.3 is 10.6 Å². The monoisotopic (exact) mass is 259 g/mol. The van der Waals surface area contributed by atoms with Gasteiger partial charge in [0.1, 0.15) is 0 Å². The molecule has 0 aliphatic carbocycles. The molecular formula is C16H25N3. The van der Waals surface area contributed by atoms with Gasteiger partial charge in [0.2, 0.25) is 0 Å². The Balaban J connectivity index is 3.03. The van der Waals surface area contributed by atoms with E-state index >= 15 is 0 Å². The number of nitriles is 1. The second kappa shape index (κ2) is 7.81. The predicted octanol–water partition coefficient (Wildman–Crippen LogP) is 3.47. The van der Waals surface area contributed by atoms with Gasteiger partial charge in [0.15, 0.2) is 0 Å². The fourth-order valence-electron chi connectivity index (χ4n) is 2.24. The molecule has 104 valence electrons. The van der Waals surface area contributed by atoms with Crippen LogP contribution in [0.5, 0.6) is 0 Å². The molecule has 1 aromatic rings. The summed E-state index contributed by atoms with van der Waals surface area (Å²) >= 11 is 0. The molecule has 0 bridgehead atoms. The normalized spacial score (nSPS) is 12.2. The highest BCUT2D eigenvalue weighted by Gasteiger charge is 2.15. The highest BCUT2D eigenvalue weighted by molar-refractivity contribution is 5.55. The van der Waals surface area contributed by atoms with E-state index < -0.39 is 0 Å². The molecular weight excluding hydrogens is 234 g/mol. The first-order chi connectivity index (χ1) is 9.10. The largest absolute Gasteiger partial charge is 0.370 e. The molecule has 0 aromatic heterocycles. The minimum atomic E-state index is 0.0629. The Kier molecular flexibility index (Phi) is 6.38. The summed E-state index contributed by atoms with van der Waals surface area (Å²) < 4.78 is 0. The maximum absolute atomic E-state index is 8.82. The van der Waals surface area contributed by atoms with E-state index in [9.17, 15) is 0 Å². The van der Waals surface area contributed by atoms with Gasteiger partial charge in [-0.2, -0.15) is 5.26 Å². The molecule has 1 atom stereocenters. The number of hydrogen-bond acceptors (Lipinski definition) is 3. The fourth-order valence-corrected chi connectivity index (χ4v) is 2.24. The minimum Gasteiger partial charge on any atom is -0.370 e. The molecule has 1 rings (SSSR count). The van der Waals surface area contributed by atoms with Crippen molar-refractivity contribution in [2.75, 3.05) is 18.0 Å². The molecule has 0 radical (unpaired) electrons. The summed E-state index contributed by atoms with van der Waals surface area (Å²) in [6, 6.07) is 10.6. The van der Waals surface area contributed by atoms with Crippen LogP contribution in [-0.2, 0) is 0 Å². The number of anilines is 1. The molecule has 0 spiro atoms. The second-order valence-electron chi connectivity index (χ2n) is 5.32. The molecule has 2 N–H and O–H groups in total. The van der Waals surface area contributed by atoms with E-state index in [1.807, 2.05) is 12.1 Å². The fraction of sp³-hybridized carbons (Fsp3) is 0.562. The maximum atomic E-state index is 8.82. The van der Waals surface area contributed by atoms with Crippen LogP contribution in [0.15, 0.2) is 24.3 Å². The van der Waals surface area contributed by atoms with Crippen LogP contribution in [0.1, 0.15) is 45.2 Å². The zero-order chi connectivity index (χ0) is 14.3. The van der Waals surface area contributed by atoms with Crippen molar-refractivity contribution in [2.45, 2.75) is 39.7 Å². The quantitative estimate of drug-likeness (QED) is 0.815. The van der Waals surface area contributed by atoms with Gasteiger partial charge in [0.05, 0.1) is 12.5 Å². The Morgan fingerprint density at radius 2 is 2.00 bits per heavy atom. The third-order valence-electron chi connectivity index (χ3n) is 3.20. The van der Waals surface area contributed by atoms with Crippen molar-refractivity contribution in [3.05, 3.63) is 29.8 Å². The van der Waals surface area contributed by atoms with E-state index in [1.54, 1.807) is 0 Å². The van der Waals surface area contributed by atoms with Crippen LogP contribution in [0.3, 0.4) is 0 Å². The van der Waals surface area contributed by atoms with E-state index in [4.69, 9.17) is 11.0 Å². The van der Waals surface area contributed by atoms with Crippen LogP contribution in [0.25, 0.3) is 0 Å². The van der Waals surface area contributed by atoms with E-state index in [0.717, 1.165) is 19.5 Å². The Hall–Kier alpha value is -1.53. The molecule has 1 aromatic carbocycles. The van der Waals surface area contributed by atoms with Gasteiger partial charge in [-0.15, -0.1) is 0 Å². The number of rotatable bonds is 7. The zero-order valence-corrected chi connectivity index (χ0v) is 12.3. The minimum absolute atomic E-state index is 0.0629. The molecule has 0 saturated carbocycles. The van der Waals surface area contributed by atoms with E-state index in [1.165, 1.54) is 11.3 Å². The highest BCUT2D eigenvalue weighted by Crippen LogP contribution is 2.27. The molecule has 0 saturated heterocycles. The molecule has 0 fully saturated rings. The van der Waals surface area contributed by atoms with Crippen molar-refractivity contribution in [2.24, 2.45) is 11.7 Å². The number of para-hydroxylation sites is 1. The molecule has 3 heteroatoms. The first kappa shape index (κ1) is 15.5. The van der Waals surface area contributed by atoms with E-state index in [-0.39, 0.29) is 6.04 Å². The van der Waals surface area contributed by atoms with Gasteiger partial charge in [-0.3, -0.25) is 0 Å².